The molecule has 5 N–H and O–H groups in total. The Morgan fingerprint density at radius 3 is 1.76 bits per heavy atom. The smallest absolute Gasteiger partial charge is 0.716 e. The second kappa shape index (κ2) is 18.9. The van der Waals surface area contributed by atoms with Gasteiger partial charge < -0.3 is 34.9 Å². The maximum atomic E-state index is 12.3. The van der Waals surface area contributed by atoms with E-state index in [1.807, 2.05) is 0 Å². The summed E-state index contributed by atoms with van der Waals surface area (Å²) in [6, 6.07) is 8.75. The first kappa shape index (κ1) is 37.5. The third-order valence-corrected chi connectivity index (χ3v) is 8.78. The first-order valence-electron chi connectivity index (χ1n) is 11.1. The van der Waals surface area contributed by atoms with Gasteiger partial charge in [-0.3, -0.25) is 9.59 Å². The van der Waals surface area contributed by atoms with Crippen LogP contribution in [0, 0.1) is 0 Å². The van der Waals surface area contributed by atoms with E-state index in [1.165, 1.54) is 45.9 Å². The maximum Gasteiger partial charge on any atom is 1.00 e. The van der Waals surface area contributed by atoms with Gasteiger partial charge in [0.05, 0.1) is 8.95 Å². The van der Waals surface area contributed by atoms with Crippen molar-refractivity contribution in [3.05, 3.63) is 56.5 Å². The molecule has 13 nitrogen and oxygen atoms in total. The van der Waals surface area contributed by atoms with Crippen LogP contribution in [0.1, 0.15) is 11.1 Å². The number of oxime groups is 2. The van der Waals surface area contributed by atoms with Crippen LogP contribution in [0.4, 0.5) is 0 Å². The van der Waals surface area contributed by atoms with Crippen LogP contribution in [0.25, 0.3) is 0 Å². The van der Waals surface area contributed by atoms with Crippen LogP contribution in [0.5, 0.6) is 11.5 Å². The van der Waals surface area contributed by atoms with Crippen molar-refractivity contribution in [3.63, 3.8) is 0 Å². The molecular weight excluding hydrogens is 743 g/mol. The molecule has 0 saturated carbocycles. The molecular formula is C22H23Br2N4NaO9S3. The molecule has 0 aliphatic carbocycles. The molecule has 2 aromatic carbocycles. The van der Waals surface area contributed by atoms with Gasteiger partial charge in [-0.15, -0.1) is 0 Å². The Morgan fingerprint density at radius 1 is 0.878 bits per heavy atom. The summed E-state index contributed by atoms with van der Waals surface area (Å²) in [5, 5.41) is 39.3. The Bertz CT molecular complexity index is 1380. The number of phenols is 1. The molecule has 2 aromatic rings. The number of halogens is 2. The molecule has 218 valence electrons. The second-order valence-corrected chi connectivity index (χ2v) is 13.0. The van der Waals surface area contributed by atoms with Gasteiger partial charge in [-0.05, 0) is 67.3 Å². The molecule has 19 heteroatoms. The number of aromatic hydroxyl groups is 1. The minimum Gasteiger partial charge on any atom is -0.716 e. The van der Waals surface area contributed by atoms with Crippen molar-refractivity contribution in [2.24, 2.45) is 10.3 Å². The van der Waals surface area contributed by atoms with Gasteiger partial charge in [-0.2, -0.15) is 0 Å². The van der Waals surface area contributed by atoms with E-state index in [-0.39, 0.29) is 76.3 Å². The first-order chi connectivity index (χ1) is 18.9. The monoisotopic (exact) mass is 764 g/mol. The van der Waals surface area contributed by atoms with Gasteiger partial charge in [0, 0.05) is 37.4 Å². The number of amides is 2. The van der Waals surface area contributed by atoms with Crippen molar-refractivity contribution in [2.45, 2.75) is 12.8 Å². The maximum absolute atomic E-state index is 12.3. The van der Waals surface area contributed by atoms with Crippen molar-refractivity contribution in [1.29, 1.82) is 0 Å². The number of carbonyl (C=O) groups is 2. The summed E-state index contributed by atoms with van der Waals surface area (Å²) in [5.41, 5.74) is 0.898. The van der Waals surface area contributed by atoms with Gasteiger partial charge in [-0.25, -0.2) is 8.42 Å². The third-order valence-electron chi connectivity index (χ3n) is 4.73. The largest absolute Gasteiger partial charge is 1.00 e. The number of carbonyl (C=O) groups excluding carboxylic acids is 2. The van der Waals surface area contributed by atoms with Crippen LogP contribution in [0.2, 0.25) is 0 Å². The van der Waals surface area contributed by atoms with Crippen molar-refractivity contribution in [2.75, 3.05) is 24.6 Å². The molecule has 0 aromatic heterocycles. The van der Waals surface area contributed by atoms with Gasteiger partial charge in [-0.1, -0.05) is 44.0 Å². The van der Waals surface area contributed by atoms with E-state index in [1.54, 1.807) is 12.1 Å². The summed E-state index contributed by atoms with van der Waals surface area (Å²) >= 11 is 6.26. The van der Waals surface area contributed by atoms with E-state index in [0.29, 0.717) is 33.7 Å². The van der Waals surface area contributed by atoms with Gasteiger partial charge >= 0.3 is 29.6 Å². The molecule has 0 fully saturated rings. The van der Waals surface area contributed by atoms with Crippen LogP contribution < -0.4 is 44.4 Å². The van der Waals surface area contributed by atoms with E-state index >= 15 is 0 Å². The number of benzene rings is 2. The summed E-state index contributed by atoms with van der Waals surface area (Å²) in [6.07, 6.45) is 0.000763. The number of nitrogens with one attached hydrogen (secondary N) is 2. The summed E-state index contributed by atoms with van der Waals surface area (Å²) < 4.78 is 37.1. The van der Waals surface area contributed by atoms with Gasteiger partial charge in [0.1, 0.15) is 17.2 Å². The Labute approximate surface area is 282 Å². The predicted octanol–water partition coefficient (Wildman–Crippen LogP) is -0.180. The summed E-state index contributed by atoms with van der Waals surface area (Å²) in [6.45, 7) is 0.575. The van der Waals surface area contributed by atoms with Crippen molar-refractivity contribution < 1.29 is 71.8 Å². The predicted molar refractivity (Wildman–Crippen MR) is 157 cm³/mol. The zero-order chi connectivity index (χ0) is 29.7. The minimum atomic E-state index is -4.95. The number of rotatable bonds is 15. The van der Waals surface area contributed by atoms with Crippen molar-refractivity contribution >= 4 is 87.1 Å². The van der Waals surface area contributed by atoms with Crippen LogP contribution in [0.15, 0.2) is 55.7 Å². The second-order valence-electron chi connectivity index (χ2n) is 7.64. The van der Waals surface area contributed by atoms with E-state index in [2.05, 4.69) is 57.0 Å². The Kier molecular flexibility index (Phi) is 17.3. The molecule has 0 bridgehead atoms. The summed E-state index contributed by atoms with van der Waals surface area (Å²) in [4.78, 5) is 24.6. The fraction of sp³-hybridized carbons (Fsp3) is 0.273. The number of phenolic OH excluding ortho intramolecular Hbond substituents is 1. The molecule has 2 amide bonds. The molecule has 2 rings (SSSR count). The topological polar surface area (TPSA) is 210 Å². The molecule has 0 spiro atoms. The summed E-state index contributed by atoms with van der Waals surface area (Å²) in [7, 11) is -2.05. The van der Waals surface area contributed by atoms with Crippen LogP contribution in [-0.4, -0.2) is 76.3 Å². The average Bonchev–Trinajstić information content (AvgIpc) is 2.89. The van der Waals surface area contributed by atoms with E-state index < -0.39 is 22.2 Å². The zero-order valence-electron chi connectivity index (χ0n) is 21.4. The SMILES string of the molecule is O=C(NCCSSCCNC(=O)/C(Cc1ccc(OS(=O)(=O)[O-])c(Br)c1)=N\O)/C(Cc1ccc(O)c(Br)c1)=N\O.[Na+]. The van der Waals surface area contributed by atoms with E-state index in [0.717, 1.165) is 0 Å². The Balaban J connectivity index is 0.00000840. The molecule has 0 atom stereocenters. The van der Waals surface area contributed by atoms with Crippen molar-refractivity contribution in [3.8, 4) is 11.5 Å². The molecule has 0 saturated heterocycles. The van der Waals surface area contributed by atoms with Crippen LogP contribution >= 0.6 is 53.4 Å². The first-order valence-corrected chi connectivity index (χ1v) is 16.5. The normalized spacial score (nSPS) is 11.9. The van der Waals surface area contributed by atoms with Gasteiger partial charge in [0.15, 0.2) is 5.75 Å². The van der Waals surface area contributed by atoms with Crippen molar-refractivity contribution in [1.82, 2.24) is 10.6 Å². The fourth-order valence-electron chi connectivity index (χ4n) is 2.94. The standard InChI is InChI=1S/C22H24Br2N4O9S3.Na/c23-15-9-13(1-3-19(15)29)11-17(27-32)21(30)25-5-7-38-39-8-6-26-22(31)18(28-33)12-14-2-4-20(16(24)10-14)37-40(34,35)36;/h1-4,9-10,29,32-33H,5-8,11-12H2,(H,25,30)(H,26,31)(H,34,35,36);/q;+1/p-1/b27-17-,28-18-;. The number of hydrogen-bond acceptors (Lipinski definition) is 13. The fourth-order valence-corrected chi connectivity index (χ4v) is 6.15. The molecule has 0 aliphatic rings. The average molecular weight is 766 g/mol. The Morgan fingerprint density at radius 2 is 1.34 bits per heavy atom. The van der Waals surface area contributed by atoms with E-state index in [4.69, 9.17) is 0 Å². The molecule has 0 aliphatic heterocycles. The van der Waals surface area contributed by atoms with Gasteiger partial charge in [0.25, 0.3) is 22.2 Å². The Hall–Kier alpha value is -1.51. The quantitative estimate of drug-likeness (QED) is 0.0235. The van der Waals surface area contributed by atoms with Gasteiger partial charge in [0.2, 0.25) is 0 Å². The number of hydrogen-bond donors (Lipinski definition) is 5. The molecule has 41 heavy (non-hydrogen) atoms. The molecule has 0 radical (unpaired) electrons. The number of nitrogens with zero attached hydrogens (tertiary/aromatic N) is 2. The van der Waals surface area contributed by atoms with E-state index in [9.17, 15) is 38.1 Å². The third kappa shape index (κ3) is 14.0. The summed E-state index contributed by atoms with van der Waals surface area (Å²) in [5.74, 6) is -0.231. The van der Waals surface area contributed by atoms with Crippen LogP contribution in [-0.2, 0) is 32.8 Å². The minimum absolute atomic E-state index is 0. The zero-order valence-corrected chi connectivity index (χ0v) is 29.0. The van der Waals surface area contributed by atoms with Crippen LogP contribution in [0.3, 0.4) is 0 Å². The molecule has 0 heterocycles. The molecule has 0 unspecified atom stereocenters.